The zero-order valence-electron chi connectivity index (χ0n) is 18.1. The number of aromatic nitrogens is 5. The number of benzene rings is 1. The fourth-order valence-corrected chi connectivity index (χ4v) is 3.01. The summed E-state index contributed by atoms with van der Waals surface area (Å²) in [4.78, 5) is 32.7. The Kier molecular flexibility index (Phi) is 5.91. The number of rotatable bonds is 5. The van der Waals surface area contributed by atoms with Crippen molar-refractivity contribution >= 4 is 22.6 Å². The number of halogens is 2. The Morgan fingerprint density at radius 2 is 1.79 bits per heavy atom. The van der Waals surface area contributed by atoms with Gasteiger partial charge in [-0.3, -0.25) is 9.78 Å². The fraction of sp³-hybridized carbons (Fsp3) is 0.217. The van der Waals surface area contributed by atoms with Crippen LogP contribution in [0.3, 0.4) is 0 Å². The molecule has 168 valence electrons. The first kappa shape index (κ1) is 22.1. The van der Waals surface area contributed by atoms with Crippen molar-refractivity contribution in [3.8, 4) is 11.6 Å². The third kappa shape index (κ3) is 5.22. The molecule has 33 heavy (non-hydrogen) atoms. The Morgan fingerprint density at radius 3 is 2.55 bits per heavy atom. The van der Waals surface area contributed by atoms with Crippen LogP contribution in [0.2, 0.25) is 0 Å². The number of anilines is 1. The van der Waals surface area contributed by atoms with E-state index < -0.39 is 17.5 Å². The third-order valence-corrected chi connectivity index (χ3v) is 4.70. The van der Waals surface area contributed by atoms with E-state index in [4.69, 9.17) is 4.74 Å². The summed E-state index contributed by atoms with van der Waals surface area (Å²) in [6, 6.07) is 6.75. The van der Waals surface area contributed by atoms with Crippen LogP contribution in [0, 0.1) is 11.6 Å². The number of hydrogen-bond donors (Lipinski definition) is 1. The molecule has 0 fully saturated rings. The van der Waals surface area contributed by atoms with Crippen molar-refractivity contribution in [1.29, 1.82) is 0 Å². The maximum absolute atomic E-state index is 14.6. The van der Waals surface area contributed by atoms with Crippen LogP contribution in [-0.4, -0.2) is 30.8 Å². The Balaban J connectivity index is 1.47. The molecule has 0 spiro atoms. The van der Waals surface area contributed by atoms with Gasteiger partial charge in [0.05, 0.1) is 34.9 Å². The number of nitrogens with one attached hydrogen (secondary N) is 1. The van der Waals surface area contributed by atoms with Crippen LogP contribution in [0.5, 0.6) is 11.6 Å². The monoisotopic (exact) mass is 450 g/mol. The second-order valence-corrected chi connectivity index (χ2v) is 8.31. The van der Waals surface area contributed by atoms with Gasteiger partial charge in [0.25, 0.3) is 0 Å². The Labute approximate surface area is 188 Å². The highest BCUT2D eigenvalue weighted by atomic mass is 19.1. The number of amides is 1. The highest BCUT2D eigenvalue weighted by molar-refractivity contribution is 5.91. The van der Waals surface area contributed by atoms with Crippen LogP contribution in [0.15, 0.2) is 49.2 Å². The summed E-state index contributed by atoms with van der Waals surface area (Å²) < 4.78 is 33.8. The van der Waals surface area contributed by atoms with Gasteiger partial charge in [-0.25, -0.2) is 28.7 Å². The van der Waals surface area contributed by atoms with Gasteiger partial charge in [0.1, 0.15) is 30.1 Å². The number of carbonyl (C=O) groups excluding carboxylic acids is 1. The molecule has 8 nitrogen and oxygen atoms in total. The Morgan fingerprint density at radius 1 is 1.00 bits per heavy atom. The summed E-state index contributed by atoms with van der Waals surface area (Å²) in [5.41, 5.74) is 0.953. The van der Waals surface area contributed by atoms with E-state index >= 15 is 0 Å². The van der Waals surface area contributed by atoms with Crippen molar-refractivity contribution in [3.63, 3.8) is 0 Å². The normalized spacial score (nSPS) is 11.4. The molecule has 1 N–H and O–H groups in total. The first-order valence-corrected chi connectivity index (χ1v) is 10.0. The molecule has 1 aromatic carbocycles. The third-order valence-electron chi connectivity index (χ3n) is 4.70. The first-order valence-electron chi connectivity index (χ1n) is 10.0. The Bertz CT molecular complexity index is 1340. The highest BCUT2D eigenvalue weighted by Gasteiger charge is 2.18. The van der Waals surface area contributed by atoms with Crippen LogP contribution < -0.4 is 10.1 Å². The highest BCUT2D eigenvalue weighted by Crippen LogP contribution is 2.27. The van der Waals surface area contributed by atoms with Crippen LogP contribution >= 0.6 is 0 Å². The van der Waals surface area contributed by atoms with Crippen molar-refractivity contribution in [1.82, 2.24) is 24.9 Å². The lowest BCUT2D eigenvalue weighted by molar-refractivity contribution is -0.115. The molecule has 4 rings (SSSR count). The molecule has 0 unspecified atom stereocenters. The minimum atomic E-state index is -0.731. The van der Waals surface area contributed by atoms with E-state index in [0.29, 0.717) is 16.7 Å². The summed E-state index contributed by atoms with van der Waals surface area (Å²) in [5, 5.41) is 2.96. The second kappa shape index (κ2) is 8.81. The molecule has 0 aliphatic carbocycles. The predicted molar refractivity (Wildman–Crippen MR) is 117 cm³/mol. The van der Waals surface area contributed by atoms with Crippen LogP contribution in [0.4, 0.5) is 14.6 Å². The summed E-state index contributed by atoms with van der Waals surface area (Å²) in [6.07, 6.45) is 3.59. The molecule has 0 aliphatic heterocycles. The molecule has 0 bridgehead atoms. The van der Waals surface area contributed by atoms with Gasteiger partial charge >= 0.3 is 0 Å². The zero-order chi connectivity index (χ0) is 23.6. The van der Waals surface area contributed by atoms with Gasteiger partial charge in [-0.15, -0.1) is 0 Å². The topological polar surface area (TPSA) is 103 Å². The lowest BCUT2D eigenvalue weighted by Crippen LogP contribution is -2.19. The number of ether oxygens (including phenoxy) is 1. The van der Waals surface area contributed by atoms with Crippen molar-refractivity contribution in [2.75, 3.05) is 5.32 Å². The van der Waals surface area contributed by atoms with Gasteiger partial charge in [0.15, 0.2) is 5.75 Å². The van der Waals surface area contributed by atoms with Gasteiger partial charge in [-0.05, 0) is 18.2 Å². The largest absolute Gasteiger partial charge is 0.437 e. The molecule has 3 aromatic heterocycles. The van der Waals surface area contributed by atoms with Crippen molar-refractivity contribution in [2.24, 2.45) is 0 Å². The average molecular weight is 450 g/mol. The van der Waals surface area contributed by atoms with E-state index in [-0.39, 0.29) is 29.2 Å². The van der Waals surface area contributed by atoms with Gasteiger partial charge in [-0.2, -0.15) is 0 Å². The van der Waals surface area contributed by atoms with Crippen LogP contribution in [-0.2, 0) is 16.6 Å². The summed E-state index contributed by atoms with van der Waals surface area (Å²) in [6.45, 7) is 5.97. The number of carbonyl (C=O) groups is 1. The van der Waals surface area contributed by atoms with Gasteiger partial charge in [-0.1, -0.05) is 20.8 Å². The van der Waals surface area contributed by atoms with E-state index in [2.05, 4.69) is 30.2 Å². The molecule has 0 saturated heterocycles. The molecule has 0 saturated carbocycles. The van der Waals surface area contributed by atoms with E-state index in [1.54, 1.807) is 6.07 Å². The van der Waals surface area contributed by atoms with Crippen molar-refractivity contribution < 1.29 is 18.3 Å². The molecule has 10 heteroatoms. The first-order chi connectivity index (χ1) is 15.7. The minimum Gasteiger partial charge on any atom is -0.437 e. The lowest BCUT2D eigenvalue weighted by atomic mass is 9.92. The van der Waals surface area contributed by atoms with Crippen LogP contribution in [0.1, 0.15) is 32.2 Å². The Hall–Kier alpha value is -4.08. The quantitative estimate of drug-likeness (QED) is 0.482. The summed E-state index contributed by atoms with van der Waals surface area (Å²) >= 11 is 0. The molecule has 0 aliphatic rings. The molecule has 4 aromatic rings. The fourth-order valence-electron chi connectivity index (χ4n) is 3.01. The molecule has 3 heterocycles. The maximum atomic E-state index is 14.6. The summed E-state index contributed by atoms with van der Waals surface area (Å²) in [5.74, 6) is -1.26. The second-order valence-electron chi connectivity index (χ2n) is 8.31. The van der Waals surface area contributed by atoms with Crippen LogP contribution in [0.25, 0.3) is 10.9 Å². The van der Waals surface area contributed by atoms with Gasteiger partial charge in [0.2, 0.25) is 11.8 Å². The molecule has 0 atom stereocenters. The van der Waals surface area contributed by atoms with E-state index in [0.717, 1.165) is 11.8 Å². The van der Waals surface area contributed by atoms with E-state index in [1.807, 2.05) is 20.8 Å². The zero-order valence-corrected chi connectivity index (χ0v) is 18.1. The molecule has 1 amide bonds. The van der Waals surface area contributed by atoms with E-state index in [9.17, 15) is 13.6 Å². The smallest absolute Gasteiger partial charge is 0.231 e. The number of fused-ring (bicyclic) bond motifs is 1. The van der Waals surface area contributed by atoms with Crippen molar-refractivity contribution in [2.45, 2.75) is 32.6 Å². The number of nitrogens with zero attached hydrogens (tertiary/aromatic N) is 5. The average Bonchev–Trinajstić information content (AvgIpc) is 2.76. The predicted octanol–water partition coefficient (Wildman–Crippen LogP) is 4.36. The van der Waals surface area contributed by atoms with Gasteiger partial charge in [0, 0.05) is 17.5 Å². The van der Waals surface area contributed by atoms with E-state index in [1.165, 1.54) is 37.1 Å². The standard InChI is InChI=1S/C23H20F2N6O2/c1-23(2,3)19-9-20(29-12-28-19)31-21(32)8-18-16(25)7-14(10-26-18)33-22-15-6-13(24)4-5-17(15)27-11-30-22/h4-7,9-12H,8H2,1-3H3,(H,28,29,31,32). The van der Waals surface area contributed by atoms with Crippen molar-refractivity contribution in [3.05, 3.63) is 72.2 Å². The number of pyridine rings is 1. The van der Waals surface area contributed by atoms with Gasteiger partial charge < -0.3 is 10.1 Å². The SMILES string of the molecule is CC(C)(C)c1cc(NC(=O)Cc2ncc(Oc3ncnc4ccc(F)cc34)cc2F)ncn1. The summed E-state index contributed by atoms with van der Waals surface area (Å²) in [7, 11) is 0. The number of hydrogen-bond acceptors (Lipinski definition) is 7. The minimum absolute atomic E-state index is 0.0477. The lowest BCUT2D eigenvalue weighted by Gasteiger charge is -2.17. The molecular formula is C23H20F2N6O2. The maximum Gasteiger partial charge on any atom is 0.231 e. The molecular weight excluding hydrogens is 430 g/mol. The molecule has 0 radical (unpaired) electrons.